The van der Waals surface area contributed by atoms with Crippen LogP contribution in [0.4, 0.5) is 0 Å². The van der Waals surface area contributed by atoms with Crippen molar-refractivity contribution in [2.45, 2.75) is 52.6 Å². The fourth-order valence-electron chi connectivity index (χ4n) is 1.09. The number of hydrogen-bond acceptors (Lipinski definition) is 1. The lowest BCUT2D eigenvalue weighted by molar-refractivity contribution is 0.102. The Labute approximate surface area is 82.9 Å². The van der Waals surface area contributed by atoms with E-state index in [1.54, 1.807) is 7.11 Å². The molecule has 0 fully saturated rings. The molecule has 0 rings (SSSR count). The Morgan fingerprint density at radius 3 is 2.46 bits per heavy atom. The molecule has 0 radical (unpaired) electrons. The molecule has 0 aliphatic heterocycles. The molecule has 0 heterocycles. The van der Waals surface area contributed by atoms with E-state index in [4.69, 9.17) is 4.74 Å². The van der Waals surface area contributed by atoms with Crippen molar-refractivity contribution >= 4 is 0 Å². The number of unbranched alkanes of at least 4 members (excludes halogenated alkanes) is 2. The van der Waals surface area contributed by atoms with Crippen LogP contribution in [-0.4, -0.2) is 13.2 Å². The average Bonchev–Trinajstić information content (AvgIpc) is 2.17. The first-order valence-electron chi connectivity index (χ1n) is 5.27. The van der Waals surface area contributed by atoms with Crippen molar-refractivity contribution in [1.82, 2.24) is 0 Å². The van der Waals surface area contributed by atoms with E-state index in [9.17, 15) is 0 Å². The van der Waals surface area contributed by atoms with Gasteiger partial charge in [0.05, 0.1) is 0 Å². The van der Waals surface area contributed by atoms with Crippen LogP contribution in [0.25, 0.3) is 0 Å². The first-order valence-corrected chi connectivity index (χ1v) is 5.27. The molecule has 0 saturated heterocycles. The van der Waals surface area contributed by atoms with Crippen molar-refractivity contribution in [1.29, 1.82) is 0 Å². The van der Waals surface area contributed by atoms with Crippen molar-refractivity contribution < 1.29 is 4.74 Å². The van der Waals surface area contributed by atoms with Crippen LogP contribution in [0.15, 0.2) is 0 Å². The Balaban J connectivity index is 3.85. The van der Waals surface area contributed by atoms with Gasteiger partial charge in [-0.2, -0.15) is 0 Å². The van der Waals surface area contributed by atoms with Crippen LogP contribution >= 0.6 is 0 Å². The predicted molar refractivity (Wildman–Crippen MR) is 57.6 cm³/mol. The lowest BCUT2D eigenvalue weighted by Gasteiger charge is -2.14. The molecule has 1 nitrogen and oxygen atoms in total. The van der Waals surface area contributed by atoms with Crippen LogP contribution in [0.3, 0.4) is 0 Å². The molecular weight excluding hydrogens is 160 g/mol. The van der Waals surface area contributed by atoms with Crippen molar-refractivity contribution in [3.63, 3.8) is 0 Å². The molecule has 13 heavy (non-hydrogen) atoms. The summed E-state index contributed by atoms with van der Waals surface area (Å²) in [4.78, 5) is 0. The minimum Gasteiger partial charge on any atom is -0.368 e. The predicted octanol–water partition coefficient (Wildman–Crippen LogP) is 3.24. The Hall–Kier alpha value is -0.480. The summed E-state index contributed by atoms with van der Waals surface area (Å²) < 4.78 is 5.31. The molecule has 0 amide bonds. The van der Waals surface area contributed by atoms with E-state index in [2.05, 4.69) is 32.6 Å². The first-order chi connectivity index (χ1) is 6.26. The van der Waals surface area contributed by atoms with Crippen molar-refractivity contribution in [2.75, 3.05) is 7.11 Å². The molecule has 0 aromatic heterocycles. The minimum absolute atomic E-state index is 0.127. The van der Waals surface area contributed by atoms with Gasteiger partial charge in [0.1, 0.15) is 6.10 Å². The summed E-state index contributed by atoms with van der Waals surface area (Å²) in [5, 5.41) is 0. The second-order valence-corrected chi connectivity index (χ2v) is 3.47. The van der Waals surface area contributed by atoms with Gasteiger partial charge in [-0.3, -0.25) is 0 Å². The van der Waals surface area contributed by atoms with Gasteiger partial charge >= 0.3 is 0 Å². The highest BCUT2D eigenvalue weighted by molar-refractivity contribution is 5.06. The SMILES string of the molecule is CCCCC#CC(OC)C(C)CC. The zero-order chi connectivity index (χ0) is 10.1. The van der Waals surface area contributed by atoms with E-state index in [-0.39, 0.29) is 6.10 Å². The summed E-state index contributed by atoms with van der Waals surface area (Å²) in [6.45, 7) is 6.54. The lowest BCUT2D eigenvalue weighted by Crippen LogP contribution is -2.17. The van der Waals surface area contributed by atoms with Gasteiger partial charge in [-0.05, 0) is 12.3 Å². The minimum atomic E-state index is 0.127. The van der Waals surface area contributed by atoms with Crippen LogP contribution in [0.2, 0.25) is 0 Å². The second kappa shape index (κ2) is 8.13. The van der Waals surface area contributed by atoms with E-state index in [1.165, 1.54) is 12.8 Å². The molecule has 0 aliphatic rings. The molecule has 0 aromatic carbocycles. The number of methoxy groups -OCH3 is 1. The Morgan fingerprint density at radius 2 is 2.00 bits per heavy atom. The number of ether oxygens (including phenoxy) is 1. The summed E-state index contributed by atoms with van der Waals surface area (Å²) in [7, 11) is 1.74. The summed E-state index contributed by atoms with van der Waals surface area (Å²) in [6.07, 6.45) is 4.68. The fraction of sp³-hybridized carbons (Fsp3) is 0.833. The van der Waals surface area contributed by atoms with Gasteiger partial charge < -0.3 is 4.74 Å². The third kappa shape index (κ3) is 5.71. The Kier molecular flexibility index (Phi) is 7.83. The highest BCUT2D eigenvalue weighted by Crippen LogP contribution is 2.09. The molecule has 0 saturated carbocycles. The van der Waals surface area contributed by atoms with Gasteiger partial charge in [-0.1, -0.05) is 39.5 Å². The van der Waals surface area contributed by atoms with Crippen LogP contribution in [0, 0.1) is 17.8 Å². The Bertz CT molecular complexity index is 164. The summed E-state index contributed by atoms with van der Waals surface area (Å²) in [5.74, 6) is 6.90. The van der Waals surface area contributed by atoms with Crippen LogP contribution in [-0.2, 0) is 4.74 Å². The largest absolute Gasteiger partial charge is 0.368 e. The zero-order valence-electron chi connectivity index (χ0n) is 9.39. The average molecular weight is 182 g/mol. The molecule has 0 bridgehead atoms. The van der Waals surface area contributed by atoms with Gasteiger partial charge in [0.2, 0.25) is 0 Å². The van der Waals surface area contributed by atoms with E-state index in [0.717, 1.165) is 12.8 Å². The molecule has 0 aromatic rings. The maximum atomic E-state index is 5.31. The van der Waals surface area contributed by atoms with E-state index in [1.807, 2.05) is 0 Å². The lowest BCUT2D eigenvalue weighted by atomic mass is 10.0. The van der Waals surface area contributed by atoms with E-state index >= 15 is 0 Å². The summed E-state index contributed by atoms with van der Waals surface area (Å²) in [5.41, 5.74) is 0. The van der Waals surface area contributed by atoms with Gasteiger partial charge in [-0.15, -0.1) is 5.92 Å². The second-order valence-electron chi connectivity index (χ2n) is 3.47. The summed E-state index contributed by atoms with van der Waals surface area (Å²) in [6, 6.07) is 0. The van der Waals surface area contributed by atoms with E-state index in [0.29, 0.717) is 5.92 Å². The van der Waals surface area contributed by atoms with Crippen molar-refractivity contribution in [3.8, 4) is 11.8 Å². The molecular formula is C12H22O. The highest BCUT2D eigenvalue weighted by atomic mass is 16.5. The molecule has 76 valence electrons. The molecule has 2 unspecified atom stereocenters. The monoisotopic (exact) mass is 182 g/mol. The number of hydrogen-bond donors (Lipinski definition) is 0. The van der Waals surface area contributed by atoms with E-state index < -0.39 is 0 Å². The third-order valence-corrected chi connectivity index (χ3v) is 2.31. The van der Waals surface area contributed by atoms with Crippen LogP contribution < -0.4 is 0 Å². The normalized spacial score (nSPS) is 14.5. The molecule has 2 atom stereocenters. The Morgan fingerprint density at radius 1 is 1.31 bits per heavy atom. The smallest absolute Gasteiger partial charge is 0.120 e. The van der Waals surface area contributed by atoms with Crippen molar-refractivity contribution in [2.24, 2.45) is 5.92 Å². The molecule has 1 heteroatoms. The third-order valence-electron chi connectivity index (χ3n) is 2.31. The van der Waals surface area contributed by atoms with Gasteiger partial charge in [0, 0.05) is 13.5 Å². The molecule has 0 aliphatic carbocycles. The van der Waals surface area contributed by atoms with Crippen LogP contribution in [0.1, 0.15) is 46.5 Å². The van der Waals surface area contributed by atoms with Gasteiger partial charge in [0.15, 0.2) is 0 Å². The summed E-state index contributed by atoms with van der Waals surface area (Å²) >= 11 is 0. The van der Waals surface area contributed by atoms with Gasteiger partial charge in [-0.25, -0.2) is 0 Å². The molecule has 0 spiro atoms. The first kappa shape index (κ1) is 12.5. The quantitative estimate of drug-likeness (QED) is 0.468. The zero-order valence-corrected chi connectivity index (χ0v) is 9.39. The standard InChI is InChI=1S/C12H22O/c1-5-7-8-9-10-12(13-4)11(3)6-2/h11-12H,5-8H2,1-4H3. The topological polar surface area (TPSA) is 9.23 Å². The fourth-order valence-corrected chi connectivity index (χ4v) is 1.09. The number of rotatable bonds is 5. The maximum Gasteiger partial charge on any atom is 0.120 e. The maximum absolute atomic E-state index is 5.31. The highest BCUT2D eigenvalue weighted by Gasteiger charge is 2.10. The molecule has 0 N–H and O–H groups in total. The van der Waals surface area contributed by atoms with Crippen molar-refractivity contribution in [3.05, 3.63) is 0 Å². The van der Waals surface area contributed by atoms with Gasteiger partial charge in [0.25, 0.3) is 0 Å². The van der Waals surface area contributed by atoms with Crippen LogP contribution in [0.5, 0.6) is 0 Å².